The fourth-order valence-electron chi connectivity index (χ4n) is 1.72. The van der Waals surface area contributed by atoms with Crippen LogP contribution in [0.1, 0.15) is 11.1 Å². The Kier molecular flexibility index (Phi) is 5.12. The van der Waals surface area contributed by atoms with Gasteiger partial charge >= 0.3 is 6.18 Å². The molecule has 0 aliphatic carbocycles. The highest BCUT2D eigenvalue weighted by molar-refractivity contribution is 7.99. The molecule has 0 radical (unpaired) electrons. The Morgan fingerprint density at radius 1 is 1.15 bits per heavy atom. The summed E-state index contributed by atoms with van der Waals surface area (Å²) < 4.78 is 48.2. The first-order valence-electron chi connectivity index (χ1n) is 6.10. The van der Waals surface area contributed by atoms with Gasteiger partial charge in [0.2, 0.25) is 0 Å². The molecule has 1 heterocycles. The maximum Gasteiger partial charge on any atom is 0.416 e. The first-order chi connectivity index (χ1) is 9.49. The molecule has 1 fully saturated rings. The number of thioether (sulfide) groups is 1. The van der Waals surface area contributed by atoms with Crippen LogP contribution in [0.3, 0.4) is 0 Å². The third kappa shape index (κ3) is 4.26. The van der Waals surface area contributed by atoms with Crippen LogP contribution >= 0.6 is 11.8 Å². The van der Waals surface area contributed by atoms with E-state index < -0.39 is 18.0 Å². The second kappa shape index (κ2) is 6.65. The number of halogens is 3. The highest BCUT2D eigenvalue weighted by Gasteiger charge is 2.29. The molecule has 2 nitrogen and oxygen atoms in total. The lowest BCUT2D eigenvalue weighted by molar-refractivity contribution is -0.145. The van der Waals surface area contributed by atoms with E-state index in [1.807, 2.05) is 6.26 Å². The summed E-state index contributed by atoms with van der Waals surface area (Å²) in [5, 5.41) is 0.339. The van der Waals surface area contributed by atoms with Crippen LogP contribution in [0.4, 0.5) is 13.2 Å². The SMILES string of the molecule is CSC1COC(/C=C/c2ccc(C(F)(F)F)cc2)OC1. The molecule has 0 atom stereocenters. The fourth-order valence-corrected chi connectivity index (χ4v) is 2.15. The van der Waals surface area contributed by atoms with Crippen molar-refractivity contribution in [3.8, 4) is 0 Å². The average Bonchev–Trinajstić information content (AvgIpc) is 2.45. The first kappa shape index (κ1) is 15.4. The Labute approximate surface area is 120 Å². The minimum absolute atomic E-state index is 0.339. The zero-order chi connectivity index (χ0) is 14.6. The van der Waals surface area contributed by atoms with Crippen molar-refractivity contribution in [3.05, 3.63) is 41.5 Å². The van der Waals surface area contributed by atoms with E-state index >= 15 is 0 Å². The number of ether oxygens (including phenoxy) is 2. The quantitative estimate of drug-likeness (QED) is 0.845. The molecule has 0 N–H and O–H groups in total. The highest BCUT2D eigenvalue weighted by atomic mass is 32.2. The van der Waals surface area contributed by atoms with Crippen LogP contribution in [0.25, 0.3) is 6.08 Å². The molecule has 0 spiro atoms. The van der Waals surface area contributed by atoms with E-state index in [0.717, 1.165) is 12.1 Å². The zero-order valence-corrected chi connectivity index (χ0v) is 11.7. The van der Waals surface area contributed by atoms with Gasteiger partial charge in [0, 0.05) is 0 Å². The van der Waals surface area contributed by atoms with Crippen LogP contribution in [0.2, 0.25) is 0 Å². The third-order valence-electron chi connectivity index (χ3n) is 2.91. The van der Waals surface area contributed by atoms with Crippen molar-refractivity contribution in [2.24, 2.45) is 0 Å². The topological polar surface area (TPSA) is 18.5 Å². The van der Waals surface area contributed by atoms with Crippen molar-refractivity contribution >= 4 is 17.8 Å². The Balaban J connectivity index is 1.92. The summed E-state index contributed by atoms with van der Waals surface area (Å²) in [6.07, 6.45) is 0.671. The number of benzene rings is 1. The van der Waals surface area contributed by atoms with E-state index in [4.69, 9.17) is 9.47 Å². The molecule has 0 saturated carbocycles. The molecule has 1 saturated heterocycles. The molecule has 0 unspecified atom stereocenters. The monoisotopic (exact) mass is 304 g/mol. The van der Waals surface area contributed by atoms with Crippen molar-refractivity contribution in [1.29, 1.82) is 0 Å². The second-order valence-corrected chi connectivity index (χ2v) is 5.51. The van der Waals surface area contributed by atoms with Crippen LogP contribution < -0.4 is 0 Å². The Morgan fingerprint density at radius 2 is 1.75 bits per heavy atom. The van der Waals surface area contributed by atoms with Crippen molar-refractivity contribution in [3.63, 3.8) is 0 Å². The summed E-state index contributed by atoms with van der Waals surface area (Å²) >= 11 is 1.69. The molecule has 110 valence electrons. The molecular formula is C14H15F3O2S. The van der Waals surface area contributed by atoms with Crippen molar-refractivity contribution < 1.29 is 22.6 Å². The molecule has 0 bridgehead atoms. The predicted octanol–water partition coefficient (Wildman–Crippen LogP) is 3.82. The van der Waals surface area contributed by atoms with Crippen LogP contribution in [-0.2, 0) is 15.7 Å². The van der Waals surface area contributed by atoms with Crippen molar-refractivity contribution in [2.45, 2.75) is 17.7 Å². The van der Waals surface area contributed by atoms with Crippen LogP contribution in [0, 0.1) is 0 Å². The van der Waals surface area contributed by atoms with Gasteiger partial charge in [-0.1, -0.05) is 18.2 Å². The van der Waals surface area contributed by atoms with Gasteiger partial charge in [0.25, 0.3) is 0 Å². The largest absolute Gasteiger partial charge is 0.416 e. The predicted molar refractivity (Wildman–Crippen MR) is 73.5 cm³/mol. The molecule has 2 rings (SSSR count). The first-order valence-corrected chi connectivity index (χ1v) is 7.39. The summed E-state index contributed by atoms with van der Waals surface area (Å²) in [5.41, 5.74) is 0.0276. The van der Waals surface area contributed by atoms with Gasteiger partial charge in [-0.25, -0.2) is 0 Å². The lowest BCUT2D eigenvalue weighted by atomic mass is 10.1. The van der Waals surface area contributed by atoms with Gasteiger partial charge in [0.1, 0.15) is 0 Å². The molecule has 1 aliphatic heterocycles. The molecule has 6 heteroatoms. The number of alkyl halides is 3. The van der Waals surface area contributed by atoms with Crippen LogP contribution in [0.5, 0.6) is 0 Å². The number of rotatable bonds is 3. The number of hydrogen-bond acceptors (Lipinski definition) is 3. The van der Waals surface area contributed by atoms with Gasteiger partial charge in [0.05, 0.1) is 24.0 Å². The van der Waals surface area contributed by atoms with Crippen LogP contribution in [-0.4, -0.2) is 31.0 Å². The van der Waals surface area contributed by atoms with Crippen molar-refractivity contribution in [2.75, 3.05) is 19.5 Å². The van der Waals surface area contributed by atoms with E-state index in [9.17, 15) is 13.2 Å². The van der Waals surface area contributed by atoms with Gasteiger partial charge in [-0.15, -0.1) is 0 Å². The smallest absolute Gasteiger partial charge is 0.348 e. The Hall–Kier alpha value is -0.980. The maximum atomic E-state index is 12.4. The van der Waals surface area contributed by atoms with Gasteiger partial charge in [-0.2, -0.15) is 24.9 Å². The molecule has 1 aromatic carbocycles. The van der Waals surface area contributed by atoms with Gasteiger partial charge in [-0.3, -0.25) is 0 Å². The minimum atomic E-state index is -4.30. The van der Waals surface area contributed by atoms with E-state index in [2.05, 4.69) is 0 Å². The van der Waals surface area contributed by atoms with Crippen LogP contribution in [0.15, 0.2) is 30.3 Å². The van der Waals surface area contributed by atoms with Gasteiger partial charge in [0.15, 0.2) is 6.29 Å². The number of hydrogen-bond donors (Lipinski definition) is 0. The third-order valence-corrected chi connectivity index (χ3v) is 3.85. The standard InChI is InChI=1S/C14H15F3O2S/c1-20-12-8-18-13(19-9-12)7-4-10-2-5-11(6-3-10)14(15,16)17/h2-7,12-13H,8-9H2,1H3/b7-4+. The van der Waals surface area contributed by atoms with E-state index in [0.29, 0.717) is 24.0 Å². The van der Waals surface area contributed by atoms with E-state index in [-0.39, 0.29) is 0 Å². The summed E-state index contributed by atoms with van der Waals surface area (Å²) in [6.45, 7) is 1.23. The maximum absolute atomic E-state index is 12.4. The molecule has 0 aromatic heterocycles. The fraction of sp³-hybridized carbons (Fsp3) is 0.429. The molecule has 1 aliphatic rings. The lowest BCUT2D eigenvalue weighted by Crippen LogP contribution is -2.32. The summed E-state index contributed by atoms with van der Waals surface area (Å²) in [4.78, 5) is 0. The Morgan fingerprint density at radius 3 is 2.25 bits per heavy atom. The zero-order valence-electron chi connectivity index (χ0n) is 10.9. The van der Waals surface area contributed by atoms with E-state index in [1.165, 1.54) is 12.1 Å². The molecular weight excluding hydrogens is 289 g/mol. The summed E-state index contributed by atoms with van der Waals surface area (Å²) in [5.74, 6) is 0. The van der Waals surface area contributed by atoms with Gasteiger partial charge < -0.3 is 9.47 Å². The normalized spacial score (nSPS) is 24.2. The summed E-state index contributed by atoms with van der Waals surface area (Å²) in [7, 11) is 0. The Bertz CT molecular complexity index is 448. The second-order valence-electron chi connectivity index (χ2n) is 4.37. The molecule has 20 heavy (non-hydrogen) atoms. The molecule has 0 amide bonds. The highest BCUT2D eigenvalue weighted by Crippen LogP contribution is 2.29. The van der Waals surface area contributed by atoms with E-state index in [1.54, 1.807) is 23.9 Å². The lowest BCUT2D eigenvalue weighted by Gasteiger charge is -2.26. The average molecular weight is 304 g/mol. The minimum Gasteiger partial charge on any atom is -0.348 e. The summed E-state index contributed by atoms with van der Waals surface area (Å²) in [6, 6.07) is 4.97. The molecule has 1 aromatic rings. The van der Waals surface area contributed by atoms with Gasteiger partial charge in [-0.05, 0) is 30.0 Å². The van der Waals surface area contributed by atoms with Crippen molar-refractivity contribution in [1.82, 2.24) is 0 Å².